The number of H-pyrrole nitrogens is 1. The lowest BCUT2D eigenvalue weighted by Gasteiger charge is -2.08. The number of carbonyl (C=O) groups excluding carboxylic acids is 1. The Morgan fingerprint density at radius 2 is 2.09 bits per heavy atom. The Morgan fingerprint density at radius 3 is 2.87 bits per heavy atom. The highest BCUT2D eigenvalue weighted by molar-refractivity contribution is 6.06. The van der Waals surface area contributed by atoms with E-state index in [9.17, 15) is 9.59 Å². The van der Waals surface area contributed by atoms with Crippen molar-refractivity contribution in [2.24, 2.45) is 5.92 Å². The van der Waals surface area contributed by atoms with E-state index in [1.807, 2.05) is 24.3 Å². The van der Waals surface area contributed by atoms with E-state index in [-0.39, 0.29) is 18.0 Å². The summed E-state index contributed by atoms with van der Waals surface area (Å²) in [4.78, 5) is 27.6. The maximum Gasteiger partial charge on any atom is 0.291 e. The molecule has 1 amide bonds. The van der Waals surface area contributed by atoms with Crippen molar-refractivity contribution in [2.45, 2.75) is 26.8 Å². The molecule has 0 saturated carbocycles. The highest BCUT2D eigenvalue weighted by Gasteiger charge is 2.12. The van der Waals surface area contributed by atoms with Gasteiger partial charge in [-0.1, -0.05) is 32.0 Å². The van der Waals surface area contributed by atoms with Gasteiger partial charge in [0.15, 0.2) is 0 Å². The first-order chi connectivity index (χ1) is 11.1. The fourth-order valence-electron chi connectivity index (χ4n) is 2.58. The van der Waals surface area contributed by atoms with Crippen molar-refractivity contribution >= 4 is 27.7 Å². The molecule has 1 aromatic carbocycles. The van der Waals surface area contributed by atoms with E-state index in [2.05, 4.69) is 29.2 Å². The molecule has 120 valence electrons. The number of fused-ring (bicyclic) bond motifs is 3. The zero-order valence-electron chi connectivity index (χ0n) is 13.3. The van der Waals surface area contributed by atoms with Crippen molar-refractivity contribution in [3.8, 4) is 0 Å². The zero-order chi connectivity index (χ0) is 16.4. The molecule has 0 aliphatic heterocycles. The van der Waals surface area contributed by atoms with Gasteiger partial charge in [-0.2, -0.15) is 5.10 Å². The second-order valence-corrected chi connectivity index (χ2v) is 6.10. The van der Waals surface area contributed by atoms with Crippen LogP contribution in [0.5, 0.6) is 0 Å². The van der Waals surface area contributed by atoms with Crippen molar-refractivity contribution in [1.82, 2.24) is 20.1 Å². The average molecular weight is 312 g/mol. The first kappa shape index (κ1) is 15.3. The van der Waals surface area contributed by atoms with Gasteiger partial charge >= 0.3 is 0 Å². The molecule has 0 bridgehead atoms. The van der Waals surface area contributed by atoms with Crippen LogP contribution < -0.4 is 10.9 Å². The van der Waals surface area contributed by atoms with Crippen LogP contribution in [0.4, 0.5) is 0 Å². The number of carbonyl (C=O) groups is 1. The van der Waals surface area contributed by atoms with Gasteiger partial charge in [-0.15, -0.1) is 0 Å². The molecule has 2 aromatic heterocycles. The summed E-state index contributed by atoms with van der Waals surface area (Å²) in [6.07, 6.45) is 2.55. The second kappa shape index (κ2) is 6.24. The fourth-order valence-corrected chi connectivity index (χ4v) is 2.58. The lowest BCUT2D eigenvalue weighted by molar-refractivity contribution is -0.121. The standard InChI is InChI=1S/C17H20N4O2/c1-11(2)7-8-18-15(22)10-21-17(23)16-13(9-19-21)12-5-3-4-6-14(12)20-16/h3-6,9,11,20H,7-8,10H2,1-2H3,(H,18,22). The van der Waals surface area contributed by atoms with E-state index in [1.165, 1.54) is 4.68 Å². The lowest BCUT2D eigenvalue weighted by Crippen LogP contribution is -2.34. The van der Waals surface area contributed by atoms with E-state index in [0.717, 1.165) is 22.7 Å². The SMILES string of the molecule is CC(C)CCNC(=O)Cn1ncc2c([nH]c3ccccc32)c1=O. The highest BCUT2D eigenvalue weighted by Crippen LogP contribution is 2.21. The van der Waals surface area contributed by atoms with E-state index in [1.54, 1.807) is 6.20 Å². The van der Waals surface area contributed by atoms with Crippen LogP contribution in [0.15, 0.2) is 35.3 Å². The number of rotatable bonds is 5. The molecule has 2 heterocycles. The van der Waals surface area contributed by atoms with E-state index in [4.69, 9.17) is 0 Å². The molecule has 6 heteroatoms. The Kier molecular flexibility index (Phi) is 4.14. The van der Waals surface area contributed by atoms with Crippen molar-refractivity contribution in [3.05, 3.63) is 40.8 Å². The number of benzene rings is 1. The van der Waals surface area contributed by atoms with Crippen molar-refractivity contribution < 1.29 is 4.79 Å². The molecule has 0 radical (unpaired) electrons. The van der Waals surface area contributed by atoms with Gasteiger partial charge in [0.25, 0.3) is 5.56 Å². The number of hydrogen-bond acceptors (Lipinski definition) is 3. The van der Waals surface area contributed by atoms with Gasteiger partial charge in [-0.25, -0.2) is 4.68 Å². The maximum atomic E-state index is 12.5. The fraction of sp³-hybridized carbons (Fsp3) is 0.353. The maximum absolute atomic E-state index is 12.5. The number of hydrogen-bond donors (Lipinski definition) is 2. The third kappa shape index (κ3) is 3.11. The van der Waals surface area contributed by atoms with Crippen molar-refractivity contribution in [2.75, 3.05) is 6.54 Å². The Hall–Kier alpha value is -2.63. The Morgan fingerprint density at radius 1 is 1.30 bits per heavy atom. The summed E-state index contributed by atoms with van der Waals surface area (Å²) in [7, 11) is 0. The number of aromatic nitrogens is 3. The predicted octanol–water partition coefficient (Wildman–Crippen LogP) is 2.04. The van der Waals surface area contributed by atoms with Crippen LogP contribution in [0.2, 0.25) is 0 Å². The van der Waals surface area contributed by atoms with Crippen molar-refractivity contribution in [3.63, 3.8) is 0 Å². The molecular formula is C17H20N4O2. The molecule has 0 aliphatic rings. The normalized spacial score (nSPS) is 11.4. The quantitative estimate of drug-likeness (QED) is 0.756. The number of nitrogens with one attached hydrogen (secondary N) is 2. The van der Waals surface area contributed by atoms with Gasteiger partial charge in [-0.05, 0) is 18.4 Å². The van der Waals surface area contributed by atoms with Gasteiger partial charge in [0, 0.05) is 22.8 Å². The molecule has 0 atom stereocenters. The minimum absolute atomic E-state index is 0.0672. The van der Waals surface area contributed by atoms with Crippen LogP contribution in [0, 0.1) is 5.92 Å². The number of para-hydroxylation sites is 1. The topological polar surface area (TPSA) is 79.8 Å². The lowest BCUT2D eigenvalue weighted by atomic mass is 10.1. The highest BCUT2D eigenvalue weighted by atomic mass is 16.2. The van der Waals surface area contributed by atoms with Crippen LogP contribution in [-0.4, -0.2) is 27.2 Å². The van der Waals surface area contributed by atoms with Crippen LogP contribution in [0.1, 0.15) is 20.3 Å². The summed E-state index contributed by atoms with van der Waals surface area (Å²) < 4.78 is 1.20. The third-order valence-corrected chi connectivity index (χ3v) is 3.86. The van der Waals surface area contributed by atoms with Gasteiger partial charge < -0.3 is 10.3 Å². The second-order valence-electron chi connectivity index (χ2n) is 6.10. The smallest absolute Gasteiger partial charge is 0.291 e. The van der Waals surface area contributed by atoms with Gasteiger partial charge in [0.2, 0.25) is 5.91 Å². The summed E-state index contributed by atoms with van der Waals surface area (Å²) in [5.74, 6) is 0.328. The molecule has 2 N–H and O–H groups in total. The zero-order valence-corrected chi connectivity index (χ0v) is 13.3. The number of nitrogens with zero attached hydrogens (tertiary/aromatic N) is 2. The van der Waals surface area contributed by atoms with Crippen LogP contribution in [-0.2, 0) is 11.3 Å². The summed E-state index contributed by atoms with van der Waals surface area (Å²) >= 11 is 0. The Balaban J connectivity index is 1.85. The van der Waals surface area contributed by atoms with E-state index < -0.39 is 0 Å². The van der Waals surface area contributed by atoms with Gasteiger partial charge in [0.1, 0.15) is 12.1 Å². The summed E-state index contributed by atoms with van der Waals surface area (Å²) in [6, 6.07) is 7.69. The molecule has 23 heavy (non-hydrogen) atoms. The monoisotopic (exact) mass is 312 g/mol. The molecule has 3 aromatic rings. The molecule has 6 nitrogen and oxygen atoms in total. The molecule has 0 aliphatic carbocycles. The Bertz CT molecular complexity index is 908. The summed E-state index contributed by atoms with van der Waals surface area (Å²) in [5, 5.41) is 8.69. The summed E-state index contributed by atoms with van der Waals surface area (Å²) in [6.45, 7) is 4.74. The van der Waals surface area contributed by atoms with E-state index >= 15 is 0 Å². The molecule has 0 fully saturated rings. The molecule has 0 unspecified atom stereocenters. The third-order valence-electron chi connectivity index (χ3n) is 3.86. The van der Waals surface area contributed by atoms with E-state index in [0.29, 0.717) is 18.0 Å². The van der Waals surface area contributed by atoms with Gasteiger partial charge in [0.05, 0.1) is 6.20 Å². The largest absolute Gasteiger partial charge is 0.354 e. The minimum atomic E-state index is -0.280. The van der Waals surface area contributed by atoms with Gasteiger partial charge in [-0.3, -0.25) is 9.59 Å². The molecule has 0 spiro atoms. The number of aromatic amines is 1. The Labute approximate surface area is 133 Å². The first-order valence-corrected chi connectivity index (χ1v) is 7.79. The van der Waals surface area contributed by atoms with Crippen LogP contribution in [0.25, 0.3) is 21.8 Å². The number of amides is 1. The van der Waals surface area contributed by atoms with Crippen LogP contribution >= 0.6 is 0 Å². The predicted molar refractivity (Wildman–Crippen MR) is 90.3 cm³/mol. The summed E-state index contributed by atoms with van der Waals surface area (Å²) in [5.41, 5.74) is 1.09. The first-order valence-electron chi connectivity index (χ1n) is 7.79. The average Bonchev–Trinajstić information content (AvgIpc) is 2.89. The molecular weight excluding hydrogens is 292 g/mol. The van der Waals surface area contributed by atoms with Crippen molar-refractivity contribution in [1.29, 1.82) is 0 Å². The molecule has 3 rings (SSSR count). The molecule has 0 saturated heterocycles. The minimum Gasteiger partial charge on any atom is -0.354 e. The van der Waals surface area contributed by atoms with Crippen LogP contribution in [0.3, 0.4) is 0 Å².